The van der Waals surface area contributed by atoms with E-state index in [4.69, 9.17) is 9.26 Å². The van der Waals surface area contributed by atoms with Crippen LogP contribution in [0.5, 0.6) is 5.75 Å². The Balaban J connectivity index is 1.59. The lowest BCUT2D eigenvalue weighted by Gasteiger charge is -2.14. The molecule has 0 aliphatic rings. The lowest BCUT2D eigenvalue weighted by Crippen LogP contribution is -2.34. The highest BCUT2D eigenvalue weighted by Gasteiger charge is 2.20. The van der Waals surface area contributed by atoms with Crippen molar-refractivity contribution in [2.45, 2.75) is 33.2 Å². The van der Waals surface area contributed by atoms with Gasteiger partial charge in [0.2, 0.25) is 0 Å². The van der Waals surface area contributed by atoms with E-state index in [9.17, 15) is 4.79 Å². The van der Waals surface area contributed by atoms with Crippen LogP contribution in [0.2, 0.25) is 0 Å². The quantitative estimate of drug-likeness (QED) is 0.560. The Labute approximate surface area is 168 Å². The number of aromatic nitrogens is 3. The Morgan fingerprint density at radius 3 is 2.86 bits per heavy atom. The first-order chi connectivity index (χ1) is 13.9. The van der Waals surface area contributed by atoms with Crippen LogP contribution in [0.4, 0.5) is 0 Å². The number of fused-ring (bicyclic) bond motifs is 2. The maximum Gasteiger partial charge on any atom is 0.258 e. The molecular weight excluding hydrogens is 368 g/mol. The molecule has 1 atom stereocenters. The van der Waals surface area contributed by atoms with Gasteiger partial charge in [-0.05, 0) is 57.0 Å². The summed E-state index contributed by atoms with van der Waals surface area (Å²) in [5.41, 5.74) is 4.59. The van der Waals surface area contributed by atoms with Crippen molar-refractivity contribution in [3.8, 4) is 5.75 Å². The molecule has 3 heterocycles. The fourth-order valence-electron chi connectivity index (χ4n) is 3.82. The van der Waals surface area contributed by atoms with Gasteiger partial charge >= 0.3 is 0 Å². The van der Waals surface area contributed by atoms with Crippen LogP contribution in [0.1, 0.15) is 34.2 Å². The largest absolute Gasteiger partial charge is 0.497 e. The predicted molar refractivity (Wildman–Crippen MR) is 111 cm³/mol. The molecule has 1 amide bonds. The number of pyridine rings is 1. The van der Waals surface area contributed by atoms with E-state index in [2.05, 4.69) is 26.2 Å². The van der Waals surface area contributed by atoms with E-state index in [1.165, 1.54) is 0 Å². The summed E-state index contributed by atoms with van der Waals surface area (Å²) in [6, 6.07) is 7.75. The van der Waals surface area contributed by atoms with Gasteiger partial charge in [-0.25, -0.2) is 4.98 Å². The highest BCUT2D eigenvalue weighted by Crippen LogP contribution is 2.27. The van der Waals surface area contributed by atoms with E-state index in [1.54, 1.807) is 13.2 Å². The van der Waals surface area contributed by atoms with E-state index < -0.39 is 0 Å². The number of benzene rings is 1. The molecule has 0 fully saturated rings. The van der Waals surface area contributed by atoms with Gasteiger partial charge in [-0.15, -0.1) is 0 Å². The number of aryl methyl sites for hydroxylation is 3. The Morgan fingerprint density at radius 2 is 2.10 bits per heavy atom. The Morgan fingerprint density at radius 1 is 1.31 bits per heavy atom. The van der Waals surface area contributed by atoms with Crippen LogP contribution in [0.15, 0.2) is 35.0 Å². The molecule has 150 valence electrons. The molecule has 7 heteroatoms. The minimum Gasteiger partial charge on any atom is -0.497 e. The number of carbonyl (C=O) groups excluding carboxylic acids is 1. The summed E-state index contributed by atoms with van der Waals surface area (Å²) in [5, 5.41) is 8.85. The van der Waals surface area contributed by atoms with Gasteiger partial charge in [-0.2, -0.15) is 0 Å². The predicted octanol–water partition coefficient (Wildman–Crippen LogP) is 3.70. The summed E-state index contributed by atoms with van der Waals surface area (Å²) in [5.74, 6) is 0.663. The second-order valence-corrected chi connectivity index (χ2v) is 7.49. The third kappa shape index (κ3) is 3.44. The van der Waals surface area contributed by atoms with Crippen molar-refractivity contribution in [3.05, 3.63) is 53.0 Å². The van der Waals surface area contributed by atoms with Crippen molar-refractivity contribution in [1.29, 1.82) is 0 Å². The van der Waals surface area contributed by atoms with Crippen LogP contribution in [0.25, 0.3) is 22.0 Å². The second kappa shape index (κ2) is 7.24. The molecule has 0 aliphatic heterocycles. The number of rotatable bonds is 5. The van der Waals surface area contributed by atoms with Crippen molar-refractivity contribution >= 4 is 27.9 Å². The number of nitrogens with zero attached hydrogens (tertiary/aromatic N) is 3. The third-order valence-corrected chi connectivity index (χ3v) is 5.17. The first-order valence-corrected chi connectivity index (χ1v) is 9.53. The van der Waals surface area contributed by atoms with Crippen molar-refractivity contribution < 1.29 is 14.1 Å². The highest BCUT2D eigenvalue weighted by molar-refractivity contribution is 6.06. The van der Waals surface area contributed by atoms with Gasteiger partial charge in [0.05, 0.1) is 23.8 Å². The van der Waals surface area contributed by atoms with E-state index in [-0.39, 0.29) is 11.9 Å². The third-order valence-electron chi connectivity index (χ3n) is 5.17. The van der Waals surface area contributed by atoms with E-state index in [1.807, 2.05) is 46.0 Å². The van der Waals surface area contributed by atoms with Crippen LogP contribution in [0.3, 0.4) is 0 Å². The van der Waals surface area contributed by atoms with Gasteiger partial charge < -0.3 is 19.1 Å². The Bertz CT molecular complexity index is 1220. The van der Waals surface area contributed by atoms with Gasteiger partial charge in [0.25, 0.3) is 11.6 Å². The number of hydrogen-bond donors (Lipinski definition) is 1. The van der Waals surface area contributed by atoms with Crippen LogP contribution < -0.4 is 10.1 Å². The molecule has 0 unspecified atom stereocenters. The lowest BCUT2D eigenvalue weighted by atomic mass is 10.0. The molecule has 0 saturated heterocycles. The fraction of sp³-hybridized carbons (Fsp3) is 0.318. The number of amides is 1. The number of carbonyl (C=O) groups is 1. The van der Waals surface area contributed by atoms with E-state index in [0.29, 0.717) is 34.5 Å². The Kier molecular flexibility index (Phi) is 4.74. The van der Waals surface area contributed by atoms with E-state index in [0.717, 1.165) is 22.2 Å². The van der Waals surface area contributed by atoms with Gasteiger partial charge in [0.15, 0.2) is 0 Å². The van der Waals surface area contributed by atoms with Crippen molar-refractivity contribution in [3.63, 3.8) is 0 Å². The van der Waals surface area contributed by atoms with Crippen molar-refractivity contribution in [1.82, 2.24) is 20.0 Å². The zero-order valence-corrected chi connectivity index (χ0v) is 17.2. The van der Waals surface area contributed by atoms with Gasteiger partial charge in [0, 0.05) is 35.9 Å². The average Bonchev–Trinajstić information content (AvgIpc) is 3.20. The zero-order valence-electron chi connectivity index (χ0n) is 17.2. The maximum absolute atomic E-state index is 13.0. The zero-order chi connectivity index (χ0) is 20.7. The first-order valence-electron chi connectivity index (χ1n) is 9.53. The van der Waals surface area contributed by atoms with E-state index >= 15 is 0 Å². The monoisotopic (exact) mass is 392 g/mol. The molecule has 4 rings (SSSR count). The first kappa shape index (κ1) is 19.0. The van der Waals surface area contributed by atoms with Gasteiger partial charge in [-0.3, -0.25) is 4.79 Å². The van der Waals surface area contributed by atoms with Gasteiger partial charge in [-0.1, -0.05) is 5.16 Å². The number of nitrogens with one attached hydrogen (secondary N) is 1. The summed E-state index contributed by atoms with van der Waals surface area (Å²) in [6.07, 6.45) is 2.80. The summed E-state index contributed by atoms with van der Waals surface area (Å²) in [7, 11) is 3.68. The molecule has 1 aromatic carbocycles. The molecule has 7 nitrogen and oxygen atoms in total. The van der Waals surface area contributed by atoms with Gasteiger partial charge in [0.1, 0.15) is 5.75 Å². The standard InChI is InChI=1S/C22H24N4O3/c1-12(8-15-11-26(4)19-7-6-16(28-5)10-17(15)19)23-21(27)18-9-13(2)24-22-20(18)14(3)25-29-22/h6-7,9-12H,8H2,1-5H3,(H,23,27)/t12-/m0/s1. The summed E-state index contributed by atoms with van der Waals surface area (Å²) < 4.78 is 12.7. The number of hydrogen-bond acceptors (Lipinski definition) is 5. The van der Waals surface area contributed by atoms with Crippen LogP contribution in [0, 0.1) is 13.8 Å². The highest BCUT2D eigenvalue weighted by atomic mass is 16.5. The fourth-order valence-corrected chi connectivity index (χ4v) is 3.82. The molecule has 29 heavy (non-hydrogen) atoms. The lowest BCUT2D eigenvalue weighted by molar-refractivity contribution is 0.0941. The maximum atomic E-state index is 13.0. The number of methoxy groups -OCH3 is 1. The smallest absolute Gasteiger partial charge is 0.258 e. The number of ether oxygens (including phenoxy) is 1. The SMILES string of the molecule is COc1ccc2c(c1)c(C[C@H](C)NC(=O)c1cc(C)nc3onc(C)c13)cn2C. The second-order valence-electron chi connectivity index (χ2n) is 7.49. The minimum atomic E-state index is -0.155. The van der Waals surface area contributed by atoms with Crippen molar-refractivity contribution in [2.75, 3.05) is 7.11 Å². The minimum absolute atomic E-state index is 0.0667. The summed E-state index contributed by atoms with van der Waals surface area (Å²) >= 11 is 0. The molecular formula is C22H24N4O3. The molecule has 3 aromatic heterocycles. The van der Waals surface area contributed by atoms with Crippen LogP contribution in [-0.4, -0.2) is 33.8 Å². The average molecular weight is 392 g/mol. The molecule has 0 aliphatic carbocycles. The molecule has 0 radical (unpaired) electrons. The summed E-state index contributed by atoms with van der Waals surface area (Å²) in [6.45, 7) is 5.65. The summed E-state index contributed by atoms with van der Waals surface area (Å²) in [4.78, 5) is 17.3. The van der Waals surface area contributed by atoms with Crippen LogP contribution >= 0.6 is 0 Å². The van der Waals surface area contributed by atoms with Crippen molar-refractivity contribution in [2.24, 2.45) is 7.05 Å². The molecule has 0 bridgehead atoms. The molecule has 0 saturated carbocycles. The molecule has 1 N–H and O–H groups in total. The van der Waals surface area contributed by atoms with Crippen LogP contribution in [-0.2, 0) is 13.5 Å². The normalized spacial score (nSPS) is 12.4. The molecule has 0 spiro atoms. The Hall–Kier alpha value is -3.35. The topological polar surface area (TPSA) is 82.2 Å². The molecule has 4 aromatic rings.